The first-order chi connectivity index (χ1) is 9.72. The highest BCUT2D eigenvalue weighted by Gasteiger charge is 2.26. The van der Waals surface area contributed by atoms with Gasteiger partial charge in [-0.05, 0) is 37.5 Å². The predicted octanol–water partition coefficient (Wildman–Crippen LogP) is 2.69. The minimum atomic E-state index is -0.680. The van der Waals surface area contributed by atoms with Crippen LogP contribution in [0.25, 0.3) is 11.0 Å². The van der Waals surface area contributed by atoms with Crippen molar-refractivity contribution in [3.8, 4) is 0 Å². The number of nitrogens with one attached hydrogen (secondary N) is 1. The maximum absolute atomic E-state index is 11.1. The molecule has 0 radical (unpaired) electrons. The van der Waals surface area contributed by atoms with Crippen molar-refractivity contribution >= 4 is 22.7 Å². The molecule has 0 spiro atoms. The number of hydrogen-bond acceptors (Lipinski definition) is 4. The zero-order valence-corrected chi connectivity index (χ0v) is 11.1. The lowest BCUT2D eigenvalue weighted by molar-refractivity contribution is -0.142. The van der Waals surface area contributed by atoms with Crippen LogP contribution in [0.4, 0.5) is 5.69 Å². The molecule has 0 bridgehead atoms. The van der Waals surface area contributed by atoms with Crippen LogP contribution in [0.1, 0.15) is 25.7 Å². The van der Waals surface area contributed by atoms with Crippen LogP contribution in [0.15, 0.2) is 30.6 Å². The molecule has 1 fully saturated rings. The van der Waals surface area contributed by atoms with E-state index in [2.05, 4.69) is 15.3 Å². The van der Waals surface area contributed by atoms with Gasteiger partial charge in [-0.25, -0.2) is 0 Å². The number of aliphatic carboxylic acids is 1. The van der Waals surface area contributed by atoms with E-state index in [9.17, 15) is 4.79 Å². The molecule has 1 heterocycles. The van der Waals surface area contributed by atoms with Gasteiger partial charge in [-0.2, -0.15) is 0 Å². The molecule has 104 valence electrons. The Kier molecular flexibility index (Phi) is 3.50. The van der Waals surface area contributed by atoms with Gasteiger partial charge in [0.05, 0.1) is 17.0 Å². The Morgan fingerprint density at radius 2 is 2.00 bits per heavy atom. The van der Waals surface area contributed by atoms with Crippen molar-refractivity contribution in [1.82, 2.24) is 9.97 Å². The molecule has 0 amide bonds. The van der Waals surface area contributed by atoms with Gasteiger partial charge >= 0.3 is 5.97 Å². The SMILES string of the molecule is O=C(O)C1CCCC(Nc2ccc3nccnc3c2)C1. The molecule has 1 saturated carbocycles. The number of aromatic nitrogens is 2. The van der Waals surface area contributed by atoms with Gasteiger partial charge in [-0.1, -0.05) is 6.42 Å². The summed E-state index contributed by atoms with van der Waals surface area (Å²) in [6.07, 6.45) is 6.80. The quantitative estimate of drug-likeness (QED) is 0.897. The number of carboxylic acids is 1. The topological polar surface area (TPSA) is 75.1 Å². The standard InChI is InChI=1S/C15H17N3O2/c19-15(20)10-2-1-3-11(8-10)18-12-4-5-13-14(9-12)17-7-6-16-13/h4-7,9-11,18H,1-3,8H2,(H,19,20). The first-order valence-electron chi connectivity index (χ1n) is 6.92. The number of anilines is 1. The molecule has 5 nitrogen and oxygen atoms in total. The van der Waals surface area contributed by atoms with Crippen molar-refractivity contribution in [3.63, 3.8) is 0 Å². The molecule has 0 aliphatic heterocycles. The van der Waals surface area contributed by atoms with Gasteiger partial charge in [0.1, 0.15) is 0 Å². The van der Waals surface area contributed by atoms with Gasteiger partial charge in [0.2, 0.25) is 0 Å². The normalized spacial score (nSPS) is 22.6. The van der Waals surface area contributed by atoms with E-state index < -0.39 is 5.97 Å². The van der Waals surface area contributed by atoms with Gasteiger partial charge in [-0.15, -0.1) is 0 Å². The number of nitrogens with zero attached hydrogens (tertiary/aromatic N) is 2. The first kappa shape index (κ1) is 12.8. The minimum absolute atomic E-state index is 0.221. The fraction of sp³-hybridized carbons (Fsp3) is 0.400. The van der Waals surface area contributed by atoms with E-state index >= 15 is 0 Å². The Balaban J connectivity index is 1.74. The molecule has 3 rings (SSSR count). The lowest BCUT2D eigenvalue weighted by Crippen LogP contribution is -2.30. The molecule has 1 aromatic carbocycles. The summed E-state index contributed by atoms with van der Waals surface area (Å²) >= 11 is 0. The molecule has 2 unspecified atom stereocenters. The zero-order valence-electron chi connectivity index (χ0n) is 11.1. The molecule has 0 saturated heterocycles. The number of hydrogen-bond donors (Lipinski definition) is 2. The Hall–Kier alpha value is -2.17. The van der Waals surface area contributed by atoms with E-state index in [0.29, 0.717) is 6.42 Å². The van der Waals surface area contributed by atoms with Gasteiger partial charge in [0.15, 0.2) is 0 Å². The Morgan fingerprint density at radius 3 is 2.80 bits per heavy atom. The van der Waals surface area contributed by atoms with E-state index in [0.717, 1.165) is 36.0 Å². The molecule has 1 aliphatic carbocycles. The van der Waals surface area contributed by atoms with Crippen LogP contribution in [-0.4, -0.2) is 27.1 Å². The van der Waals surface area contributed by atoms with Crippen LogP contribution < -0.4 is 5.32 Å². The highest BCUT2D eigenvalue weighted by atomic mass is 16.4. The van der Waals surface area contributed by atoms with Crippen molar-refractivity contribution < 1.29 is 9.90 Å². The fourth-order valence-corrected chi connectivity index (χ4v) is 2.83. The van der Waals surface area contributed by atoms with Crippen molar-refractivity contribution in [3.05, 3.63) is 30.6 Å². The number of carboxylic acid groups (broad SMARTS) is 1. The molecular weight excluding hydrogens is 254 g/mol. The smallest absolute Gasteiger partial charge is 0.306 e. The average molecular weight is 271 g/mol. The van der Waals surface area contributed by atoms with Gasteiger partial charge in [0.25, 0.3) is 0 Å². The summed E-state index contributed by atoms with van der Waals surface area (Å²) in [7, 11) is 0. The lowest BCUT2D eigenvalue weighted by Gasteiger charge is -2.28. The molecule has 5 heteroatoms. The molecular formula is C15H17N3O2. The van der Waals surface area contributed by atoms with Crippen LogP contribution in [0.3, 0.4) is 0 Å². The summed E-state index contributed by atoms with van der Waals surface area (Å²) in [6, 6.07) is 6.09. The average Bonchev–Trinajstić information content (AvgIpc) is 2.47. The lowest BCUT2D eigenvalue weighted by atomic mass is 9.85. The Morgan fingerprint density at radius 1 is 1.20 bits per heavy atom. The summed E-state index contributed by atoms with van der Waals surface area (Å²) in [4.78, 5) is 19.6. The molecule has 2 aromatic rings. The van der Waals surface area contributed by atoms with Gasteiger partial charge < -0.3 is 10.4 Å². The number of benzene rings is 1. The Bertz CT molecular complexity index is 629. The molecule has 2 N–H and O–H groups in total. The van der Waals surface area contributed by atoms with Crippen LogP contribution in [0, 0.1) is 5.92 Å². The third-order valence-electron chi connectivity index (χ3n) is 3.86. The highest BCUT2D eigenvalue weighted by Crippen LogP contribution is 2.27. The molecule has 2 atom stereocenters. The largest absolute Gasteiger partial charge is 0.481 e. The monoisotopic (exact) mass is 271 g/mol. The van der Waals surface area contributed by atoms with Crippen LogP contribution in [0.5, 0.6) is 0 Å². The fourth-order valence-electron chi connectivity index (χ4n) is 2.83. The zero-order chi connectivity index (χ0) is 13.9. The Labute approximate surface area is 117 Å². The summed E-state index contributed by atoms with van der Waals surface area (Å²) in [5.74, 6) is -0.901. The summed E-state index contributed by atoms with van der Waals surface area (Å²) in [5, 5.41) is 12.5. The number of rotatable bonds is 3. The van der Waals surface area contributed by atoms with Crippen LogP contribution >= 0.6 is 0 Å². The maximum Gasteiger partial charge on any atom is 0.306 e. The minimum Gasteiger partial charge on any atom is -0.481 e. The van der Waals surface area contributed by atoms with Crippen LogP contribution in [0.2, 0.25) is 0 Å². The summed E-state index contributed by atoms with van der Waals surface area (Å²) < 4.78 is 0. The number of carbonyl (C=O) groups is 1. The van der Waals surface area contributed by atoms with Crippen molar-refractivity contribution in [2.45, 2.75) is 31.7 Å². The summed E-state index contributed by atoms with van der Waals surface area (Å²) in [6.45, 7) is 0. The second-order valence-corrected chi connectivity index (χ2v) is 5.30. The van der Waals surface area contributed by atoms with Gasteiger partial charge in [-0.3, -0.25) is 14.8 Å². The van der Waals surface area contributed by atoms with Gasteiger partial charge in [0, 0.05) is 24.1 Å². The van der Waals surface area contributed by atoms with E-state index in [1.165, 1.54) is 0 Å². The molecule has 1 aliphatic rings. The molecule has 20 heavy (non-hydrogen) atoms. The molecule has 1 aromatic heterocycles. The second-order valence-electron chi connectivity index (χ2n) is 5.30. The van der Waals surface area contributed by atoms with E-state index in [4.69, 9.17) is 5.11 Å². The highest BCUT2D eigenvalue weighted by molar-refractivity contribution is 5.78. The third kappa shape index (κ3) is 2.71. The number of fused-ring (bicyclic) bond motifs is 1. The van der Waals surface area contributed by atoms with E-state index in [1.807, 2.05) is 18.2 Å². The van der Waals surface area contributed by atoms with Crippen molar-refractivity contribution in [2.75, 3.05) is 5.32 Å². The summed E-state index contributed by atoms with van der Waals surface area (Å²) in [5.41, 5.74) is 2.70. The van der Waals surface area contributed by atoms with Crippen LogP contribution in [-0.2, 0) is 4.79 Å². The first-order valence-corrected chi connectivity index (χ1v) is 6.92. The van der Waals surface area contributed by atoms with E-state index in [-0.39, 0.29) is 12.0 Å². The van der Waals surface area contributed by atoms with Crippen molar-refractivity contribution in [1.29, 1.82) is 0 Å². The van der Waals surface area contributed by atoms with Crippen molar-refractivity contribution in [2.24, 2.45) is 5.92 Å². The second kappa shape index (κ2) is 5.45. The predicted molar refractivity (Wildman–Crippen MR) is 76.5 cm³/mol. The van der Waals surface area contributed by atoms with E-state index in [1.54, 1.807) is 12.4 Å². The third-order valence-corrected chi connectivity index (χ3v) is 3.86. The maximum atomic E-state index is 11.1.